The number of thioether (sulfide) groups is 1. The molecule has 4 rings (SSSR count). The van der Waals surface area contributed by atoms with E-state index in [0.717, 1.165) is 39.4 Å². The molecule has 132 valence electrons. The number of hydrogen-bond donors (Lipinski definition) is 3. The molecule has 2 heterocycles. The summed E-state index contributed by atoms with van der Waals surface area (Å²) in [7, 11) is 1.67. The van der Waals surface area contributed by atoms with Crippen LogP contribution in [0.4, 0.5) is 5.69 Å². The molecule has 4 nitrogen and oxygen atoms in total. The number of aromatic amines is 1. The maximum atomic E-state index is 5.27. The van der Waals surface area contributed by atoms with Crippen molar-refractivity contribution >= 4 is 35.8 Å². The number of benzene rings is 2. The van der Waals surface area contributed by atoms with E-state index < -0.39 is 0 Å². The van der Waals surface area contributed by atoms with Gasteiger partial charge in [-0.3, -0.25) is 0 Å². The summed E-state index contributed by atoms with van der Waals surface area (Å²) in [6.07, 6.45) is 0. The molecule has 1 aliphatic rings. The Labute approximate surface area is 162 Å². The van der Waals surface area contributed by atoms with Crippen molar-refractivity contribution < 1.29 is 9.30 Å². The Hall–Kier alpha value is -2.31. The summed E-state index contributed by atoms with van der Waals surface area (Å²) in [5.41, 5.74) is 6.59. The second-order valence-corrected chi connectivity index (χ2v) is 7.56. The van der Waals surface area contributed by atoms with Gasteiger partial charge >= 0.3 is 5.16 Å². The van der Waals surface area contributed by atoms with Gasteiger partial charge in [-0.1, -0.05) is 30.5 Å². The topological polar surface area (TPSA) is 40.9 Å². The van der Waals surface area contributed by atoms with Crippen molar-refractivity contribution in [2.24, 2.45) is 0 Å². The van der Waals surface area contributed by atoms with Crippen LogP contribution in [-0.2, 0) is 0 Å². The van der Waals surface area contributed by atoms with E-state index in [1.54, 1.807) is 18.9 Å². The lowest BCUT2D eigenvalue weighted by atomic mass is 10.2. The molecule has 0 fully saturated rings. The maximum absolute atomic E-state index is 5.27. The van der Waals surface area contributed by atoms with Gasteiger partial charge in [-0.15, -0.1) is 0 Å². The largest absolute Gasteiger partial charge is 0.497 e. The van der Waals surface area contributed by atoms with E-state index >= 15 is 0 Å². The number of anilines is 1. The van der Waals surface area contributed by atoms with Crippen LogP contribution in [0.15, 0.2) is 57.9 Å². The molecule has 1 aliphatic heterocycles. The second kappa shape index (κ2) is 6.78. The Morgan fingerprint density at radius 2 is 1.85 bits per heavy atom. The molecule has 6 heteroatoms. The first-order chi connectivity index (χ1) is 12.6. The highest BCUT2D eigenvalue weighted by atomic mass is 32.2. The van der Waals surface area contributed by atoms with Gasteiger partial charge in [0.05, 0.1) is 18.5 Å². The quantitative estimate of drug-likeness (QED) is 0.453. The van der Waals surface area contributed by atoms with Crippen molar-refractivity contribution in [3.63, 3.8) is 0 Å². The van der Waals surface area contributed by atoms with Crippen LogP contribution in [0.2, 0.25) is 0 Å². The normalized spacial score (nSPS) is 13.0. The molecule has 0 amide bonds. The van der Waals surface area contributed by atoms with Crippen LogP contribution in [0.3, 0.4) is 0 Å². The standard InChI is InChI=1S/C20H19N3OS2/c1-12-4-9-16-18(10-12)26-11-17(22-16)19-13(2)21-20(25)23(19)14-5-7-15(24-3)8-6-14/h4-11,22H,1-3H3,(H,21,25)/p+1. The molecule has 0 saturated heterocycles. The Kier molecular flexibility index (Phi) is 4.46. The molecule has 2 N–H and O–H groups in total. The van der Waals surface area contributed by atoms with E-state index in [9.17, 15) is 0 Å². The third-order valence-electron chi connectivity index (χ3n) is 4.39. The average molecular weight is 383 g/mol. The number of hydrogen-bond acceptors (Lipinski definition) is 4. The first kappa shape index (κ1) is 17.1. The van der Waals surface area contributed by atoms with Gasteiger partial charge in [0.15, 0.2) is 5.69 Å². The van der Waals surface area contributed by atoms with Crippen LogP contribution in [-0.4, -0.2) is 12.1 Å². The molecule has 0 radical (unpaired) electrons. The van der Waals surface area contributed by atoms with Crippen LogP contribution >= 0.6 is 24.4 Å². The van der Waals surface area contributed by atoms with Gasteiger partial charge in [0.2, 0.25) is 0 Å². The monoisotopic (exact) mass is 382 g/mol. The molecule has 2 aromatic carbocycles. The third kappa shape index (κ3) is 2.99. The van der Waals surface area contributed by atoms with Crippen molar-refractivity contribution in [3.8, 4) is 11.4 Å². The Morgan fingerprint density at radius 1 is 1.08 bits per heavy atom. The van der Waals surface area contributed by atoms with Crippen LogP contribution in [0.25, 0.3) is 11.4 Å². The zero-order valence-electron chi connectivity index (χ0n) is 14.8. The van der Waals surface area contributed by atoms with E-state index in [1.807, 2.05) is 24.3 Å². The predicted octanol–water partition coefficient (Wildman–Crippen LogP) is 4.72. The maximum Gasteiger partial charge on any atom is 0.318 e. The Bertz CT molecular complexity index is 1010. The Morgan fingerprint density at radius 3 is 2.58 bits per heavy atom. The van der Waals surface area contributed by atoms with Crippen LogP contribution in [0.5, 0.6) is 5.75 Å². The highest BCUT2D eigenvalue weighted by molar-refractivity contribution is 8.02. The molecule has 0 atom stereocenters. The average Bonchev–Trinajstić information content (AvgIpc) is 2.95. The van der Waals surface area contributed by atoms with Crippen molar-refractivity contribution in [1.29, 1.82) is 0 Å². The lowest BCUT2D eigenvalue weighted by Gasteiger charge is -2.18. The molecule has 0 spiro atoms. The number of H-pyrrole nitrogens is 1. The zero-order valence-corrected chi connectivity index (χ0v) is 16.5. The van der Waals surface area contributed by atoms with Gasteiger partial charge in [0, 0.05) is 17.2 Å². The van der Waals surface area contributed by atoms with Crippen molar-refractivity contribution in [3.05, 3.63) is 64.8 Å². The highest BCUT2D eigenvalue weighted by Gasteiger charge is 2.27. The third-order valence-corrected chi connectivity index (χ3v) is 5.64. The van der Waals surface area contributed by atoms with E-state index in [0.29, 0.717) is 0 Å². The number of imidazole rings is 1. The number of nitrogens with zero attached hydrogens (tertiary/aromatic N) is 1. The molecule has 3 aromatic rings. The lowest BCUT2D eigenvalue weighted by molar-refractivity contribution is -0.637. The van der Waals surface area contributed by atoms with E-state index in [-0.39, 0.29) is 0 Å². The number of methoxy groups -OCH3 is 1. The summed E-state index contributed by atoms with van der Waals surface area (Å²) in [5.74, 6) is 0.832. The predicted molar refractivity (Wildman–Crippen MR) is 110 cm³/mol. The number of thiol groups is 1. The van der Waals surface area contributed by atoms with Gasteiger partial charge in [0.1, 0.15) is 17.1 Å². The van der Waals surface area contributed by atoms with Crippen LogP contribution in [0, 0.1) is 13.8 Å². The number of fused-ring (bicyclic) bond motifs is 1. The fraction of sp³-hybridized carbons (Fsp3) is 0.150. The zero-order chi connectivity index (χ0) is 18.3. The summed E-state index contributed by atoms with van der Waals surface area (Å²) in [6, 6.07) is 14.4. The molecule has 1 aromatic heterocycles. The smallest absolute Gasteiger partial charge is 0.318 e. The number of nitrogens with one attached hydrogen (secondary N) is 2. The minimum absolute atomic E-state index is 0.782. The lowest BCUT2D eigenvalue weighted by Crippen LogP contribution is -2.36. The van der Waals surface area contributed by atoms with Crippen molar-refractivity contribution in [2.75, 3.05) is 12.4 Å². The van der Waals surface area contributed by atoms with E-state index in [4.69, 9.17) is 4.74 Å². The van der Waals surface area contributed by atoms with Crippen LogP contribution in [0.1, 0.15) is 17.0 Å². The summed E-state index contributed by atoms with van der Waals surface area (Å²) < 4.78 is 7.38. The first-order valence-electron chi connectivity index (χ1n) is 8.29. The minimum atomic E-state index is 0.782. The molecule has 0 aliphatic carbocycles. The van der Waals surface area contributed by atoms with E-state index in [1.165, 1.54) is 10.5 Å². The SMILES string of the molecule is COc1ccc(-[n+]2c(S)[nH]c(C)c2C2=CSc3cc(C)ccc3N2)cc1. The molecular formula is C20H20N3OS2+. The number of aromatic nitrogens is 2. The number of rotatable bonds is 3. The van der Waals surface area contributed by atoms with Gasteiger partial charge < -0.3 is 10.1 Å². The molecular weight excluding hydrogens is 362 g/mol. The van der Waals surface area contributed by atoms with Crippen molar-refractivity contribution in [1.82, 2.24) is 4.98 Å². The number of aryl methyl sites for hydroxylation is 2. The molecule has 0 unspecified atom stereocenters. The fourth-order valence-corrected chi connectivity index (χ4v) is 4.40. The van der Waals surface area contributed by atoms with Crippen LogP contribution < -0.4 is 14.6 Å². The van der Waals surface area contributed by atoms with E-state index in [2.05, 4.69) is 65.0 Å². The number of ether oxygens (including phenoxy) is 1. The Balaban J connectivity index is 1.78. The van der Waals surface area contributed by atoms with Gasteiger partial charge in [-0.2, -0.15) is 4.57 Å². The second-order valence-electron chi connectivity index (χ2n) is 6.23. The van der Waals surface area contributed by atoms with Crippen molar-refractivity contribution in [2.45, 2.75) is 23.9 Å². The summed E-state index contributed by atoms with van der Waals surface area (Å²) in [4.78, 5) is 4.58. The molecule has 0 bridgehead atoms. The van der Waals surface area contributed by atoms with Gasteiger partial charge in [-0.25, -0.2) is 4.98 Å². The van der Waals surface area contributed by atoms with Gasteiger partial charge in [-0.05, 0) is 48.9 Å². The summed E-state index contributed by atoms with van der Waals surface area (Å²) in [6.45, 7) is 4.17. The first-order valence-corrected chi connectivity index (χ1v) is 9.62. The van der Waals surface area contributed by atoms with Gasteiger partial charge in [0.25, 0.3) is 0 Å². The summed E-state index contributed by atoms with van der Waals surface area (Å²) in [5, 5.41) is 6.51. The summed E-state index contributed by atoms with van der Waals surface area (Å²) >= 11 is 6.39. The molecule has 26 heavy (non-hydrogen) atoms. The molecule has 0 saturated carbocycles. The highest BCUT2D eigenvalue weighted by Crippen LogP contribution is 2.38. The minimum Gasteiger partial charge on any atom is -0.497 e. The fourth-order valence-electron chi connectivity index (χ4n) is 3.10.